The maximum atomic E-state index is 11.9. The Morgan fingerprint density at radius 1 is 1.25 bits per heavy atom. The summed E-state index contributed by atoms with van der Waals surface area (Å²) < 4.78 is 15.8. The molecule has 0 aromatic heterocycles. The van der Waals surface area contributed by atoms with E-state index in [0.717, 1.165) is 0 Å². The maximum absolute atomic E-state index is 11.9. The van der Waals surface area contributed by atoms with Gasteiger partial charge in [-0.3, -0.25) is 5.32 Å². The molecule has 0 amide bonds. The molecule has 0 heterocycles. The Labute approximate surface area is 120 Å². The molecular weight excluding hydrogens is 258 g/mol. The Morgan fingerprint density at radius 3 is 2.35 bits per heavy atom. The molecule has 1 N–H and O–H groups in total. The first-order chi connectivity index (χ1) is 9.42. The normalized spacial score (nSPS) is 13.7. The van der Waals surface area contributed by atoms with Gasteiger partial charge in [0.05, 0.1) is 14.2 Å². The first kappa shape index (κ1) is 16.3. The van der Waals surface area contributed by atoms with Crippen molar-refractivity contribution in [2.24, 2.45) is 0 Å². The van der Waals surface area contributed by atoms with Gasteiger partial charge in [-0.25, -0.2) is 4.79 Å². The minimum atomic E-state index is -0.913. The maximum Gasteiger partial charge on any atom is 0.329 e. The van der Waals surface area contributed by atoms with Crippen LogP contribution in [0.4, 0.5) is 0 Å². The minimum Gasteiger partial charge on any atom is -0.493 e. The van der Waals surface area contributed by atoms with Crippen molar-refractivity contribution in [2.75, 3.05) is 20.8 Å². The van der Waals surface area contributed by atoms with Crippen LogP contribution >= 0.6 is 0 Å². The molecule has 0 radical (unpaired) electrons. The third-order valence-electron chi connectivity index (χ3n) is 2.83. The van der Waals surface area contributed by atoms with E-state index in [2.05, 4.69) is 5.32 Å². The van der Waals surface area contributed by atoms with Crippen LogP contribution in [0, 0.1) is 0 Å². The molecule has 0 aliphatic carbocycles. The fourth-order valence-electron chi connectivity index (χ4n) is 1.98. The van der Waals surface area contributed by atoms with Crippen molar-refractivity contribution in [2.45, 2.75) is 32.4 Å². The van der Waals surface area contributed by atoms with Gasteiger partial charge in [0.25, 0.3) is 0 Å². The molecule has 0 fully saturated rings. The molecule has 1 atom stereocenters. The number of hydrogen-bond acceptors (Lipinski definition) is 5. The Bertz CT molecular complexity index is 447. The zero-order chi connectivity index (χ0) is 15.2. The molecule has 0 saturated heterocycles. The molecule has 1 aromatic carbocycles. The lowest BCUT2D eigenvalue weighted by Gasteiger charge is -2.30. The van der Waals surface area contributed by atoms with E-state index in [1.165, 1.54) is 7.11 Å². The highest BCUT2D eigenvalue weighted by Crippen LogP contribution is 2.26. The Morgan fingerprint density at radius 2 is 1.85 bits per heavy atom. The summed E-state index contributed by atoms with van der Waals surface area (Å²) in [6, 6.07) is 7.44. The summed E-state index contributed by atoms with van der Waals surface area (Å²) in [5.74, 6) is 0.862. The first-order valence-electron chi connectivity index (χ1n) is 6.55. The number of para-hydroxylation sites is 2. The lowest BCUT2D eigenvalue weighted by atomic mass is 10.0. The van der Waals surface area contributed by atoms with Gasteiger partial charge < -0.3 is 14.2 Å². The van der Waals surface area contributed by atoms with Crippen LogP contribution < -0.4 is 14.8 Å². The molecule has 0 aliphatic rings. The summed E-state index contributed by atoms with van der Waals surface area (Å²) in [6.07, 6.45) is 0. The highest BCUT2D eigenvalue weighted by molar-refractivity contribution is 5.80. The molecule has 0 spiro atoms. The molecule has 112 valence electrons. The second kappa shape index (κ2) is 7.14. The van der Waals surface area contributed by atoms with Crippen LogP contribution in [-0.4, -0.2) is 38.4 Å². The van der Waals surface area contributed by atoms with Crippen molar-refractivity contribution >= 4 is 5.97 Å². The van der Waals surface area contributed by atoms with E-state index in [4.69, 9.17) is 14.2 Å². The third-order valence-corrected chi connectivity index (χ3v) is 2.83. The Balaban J connectivity index is 2.83. The summed E-state index contributed by atoms with van der Waals surface area (Å²) in [4.78, 5) is 11.9. The predicted octanol–water partition coefficient (Wildman–Crippen LogP) is 2.00. The van der Waals surface area contributed by atoms with E-state index in [1.807, 2.05) is 26.0 Å². The van der Waals surface area contributed by atoms with E-state index in [0.29, 0.717) is 11.5 Å². The average Bonchev–Trinajstić information content (AvgIpc) is 2.43. The van der Waals surface area contributed by atoms with Crippen molar-refractivity contribution in [3.8, 4) is 11.5 Å². The summed E-state index contributed by atoms with van der Waals surface area (Å²) in [7, 11) is 2.94. The van der Waals surface area contributed by atoms with Gasteiger partial charge in [0.2, 0.25) is 0 Å². The second-order valence-electron chi connectivity index (χ2n) is 5.06. The smallest absolute Gasteiger partial charge is 0.329 e. The van der Waals surface area contributed by atoms with Crippen molar-refractivity contribution in [1.29, 1.82) is 0 Å². The minimum absolute atomic E-state index is 0.125. The first-order valence-corrected chi connectivity index (χ1v) is 6.55. The van der Waals surface area contributed by atoms with Gasteiger partial charge in [-0.2, -0.15) is 0 Å². The average molecular weight is 281 g/mol. The highest BCUT2D eigenvalue weighted by Gasteiger charge is 2.36. The number of ether oxygens (including phenoxy) is 3. The summed E-state index contributed by atoms with van der Waals surface area (Å²) in [5, 5.41) is 3.17. The lowest BCUT2D eigenvalue weighted by molar-refractivity contribution is -0.149. The third kappa shape index (κ3) is 4.13. The van der Waals surface area contributed by atoms with E-state index in [-0.39, 0.29) is 18.6 Å². The van der Waals surface area contributed by atoms with Crippen molar-refractivity contribution in [1.82, 2.24) is 5.32 Å². The van der Waals surface area contributed by atoms with E-state index in [1.54, 1.807) is 26.2 Å². The van der Waals surface area contributed by atoms with E-state index >= 15 is 0 Å². The quantitative estimate of drug-likeness (QED) is 0.775. The van der Waals surface area contributed by atoms with E-state index < -0.39 is 5.54 Å². The highest BCUT2D eigenvalue weighted by atomic mass is 16.5. The molecule has 5 heteroatoms. The molecule has 1 unspecified atom stereocenters. The van der Waals surface area contributed by atoms with Crippen molar-refractivity contribution in [3.05, 3.63) is 24.3 Å². The fraction of sp³-hybridized carbons (Fsp3) is 0.533. The molecule has 0 bridgehead atoms. The van der Waals surface area contributed by atoms with Gasteiger partial charge in [0, 0.05) is 6.04 Å². The van der Waals surface area contributed by atoms with Gasteiger partial charge in [-0.15, -0.1) is 0 Å². The number of carbonyl (C=O) groups is 1. The topological polar surface area (TPSA) is 56.8 Å². The zero-order valence-corrected chi connectivity index (χ0v) is 12.7. The molecule has 1 aromatic rings. The van der Waals surface area contributed by atoms with Gasteiger partial charge in [0.1, 0.15) is 12.1 Å². The fourth-order valence-corrected chi connectivity index (χ4v) is 1.98. The number of nitrogens with one attached hydrogen (secondary N) is 1. The summed E-state index contributed by atoms with van der Waals surface area (Å²) >= 11 is 0. The molecule has 0 aliphatic heterocycles. The van der Waals surface area contributed by atoms with Gasteiger partial charge in [-0.05, 0) is 32.9 Å². The number of esters is 1. The van der Waals surface area contributed by atoms with Crippen LogP contribution in [0.25, 0.3) is 0 Å². The molecule has 20 heavy (non-hydrogen) atoms. The number of carbonyl (C=O) groups excluding carboxylic acids is 1. The van der Waals surface area contributed by atoms with Crippen molar-refractivity contribution < 1.29 is 19.0 Å². The monoisotopic (exact) mass is 281 g/mol. The van der Waals surface area contributed by atoms with Crippen LogP contribution in [0.3, 0.4) is 0 Å². The van der Waals surface area contributed by atoms with Gasteiger partial charge in [0.15, 0.2) is 11.5 Å². The van der Waals surface area contributed by atoms with E-state index in [9.17, 15) is 4.79 Å². The predicted molar refractivity (Wildman–Crippen MR) is 77.2 cm³/mol. The van der Waals surface area contributed by atoms with Crippen LogP contribution in [-0.2, 0) is 9.53 Å². The molecular formula is C15H23NO4. The molecule has 0 saturated carbocycles. The van der Waals surface area contributed by atoms with Gasteiger partial charge >= 0.3 is 5.97 Å². The van der Waals surface area contributed by atoms with Crippen LogP contribution in [0.2, 0.25) is 0 Å². The molecule has 5 nitrogen and oxygen atoms in total. The molecule has 1 rings (SSSR count). The van der Waals surface area contributed by atoms with Crippen LogP contribution in [0.1, 0.15) is 20.8 Å². The zero-order valence-electron chi connectivity index (χ0n) is 12.7. The number of rotatable bonds is 7. The summed E-state index contributed by atoms with van der Waals surface area (Å²) in [6.45, 7) is 5.83. The largest absolute Gasteiger partial charge is 0.493 e. The number of methoxy groups -OCH3 is 2. The van der Waals surface area contributed by atoms with Gasteiger partial charge in [-0.1, -0.05) is 12.1 Å². The van der Waals surface area contributed by atoms with Crippen LogP contribution in [0.5, 0.6) is 11.5 Å². The number of benzene rings is 1. The lowest BCUT2D eigenvalue weighted by Crippen LogP contribution is -2.56. The summed E-state index contributed by atoms with van der Waals surface area (Å²) in [5.41, 5.74) is -0.913. The number of hydrogen-bond donors (Lipinski definition) is 1. The second-order valence-corrected chi connectivity index (χ2v) is 5.06. The SMILES string of the molecule is COC(=O)C(C)(COc1ccccc1OC)NC(C)C. The standard InChI is InChI=1S/C15H23NO4/c1-11(2)16-15(3,14(17)19-5)10-20-13-9-7-6-8-12(13)18-4/h6-9,11,16H,10H2,1-5H3. The van der Waals surface area contributed by atoms with Crippen LogP contribution in [0.15, 0.2) is 24.3 Å². The Kier molecular flexibility index (Phi) is 5.82. The Hall–Kier alpha value is -1.75. The van der Waals surface area contributed by atoms with Crippen molar-refractivity contribution in [3.63, 3.8) is 0 Å².